The van der Waals surface area contributed by atoms with Gasteiger partial charge in [-0.25, -0.2) is 4.79 Å². The van der Waals surface area contributed by atoms with Crippen LogP contribution in [0.4, 0.5) is 4.79 Å². The van der Waals surface area contributed by atoms with E-state index in [0.717, 1.165) is 38.5 Å². The van der Waals surface area contributed by atoms with Crippen LogP contribution >= 0.6 is 8.03 Å². The first-order valence-corrected chi connectivity index (χ1v) is 13.6. The molecule has 2 aliphatic rings. The summed E-state index contributed by atoms with van der Waals surface area (Å²) in [5.74, 6) is -0.491. The van der Waals surface area contributed by atoms with Gasteiger partial charge >= 0.3 is 20.1 Å². The molecule has 2 aliphatic carbocycles. The fraction of sp³-hybridized carbons (Fsp3) is 0.917. The molecule has 1 N–H and O–H groups in total. The lowest BCUT2D eigenvalue weighted by atomic mass is 9.83. The number of esters is 1. The smallest absolute Gasteiger partial charge is 0.469 e. The van der Waals surface area contributed by atoms with Crippen molar-refractivity contribution in [1.82, 2.24) is 5.32 Å². The lowest BCUT2D eigenvalue weighted by molar-refractivity contribution is -0.147. The molecule has 0 aromatic heterocycles. The van der Waals surface area contributed by atoms with Crippen LogP contribution in [0.2, 0.25) is 0 Å². The molecular formula is C24H43NO6P+. The van der Waals surface area contributed by atoms with Crippen LogP contribution in [0.5, 0.6) is 0 Å². The summed E-state index contributed by atoms with van der Waals surface area (Å²) in [4.78, 5) is 24.7. The van der Waals surface area contributed by atoms with Gasteiger partial charge in [-0.15, -0.1) is 4.52 Å². The van der Waals surface area contributed by atoms with Crippen molar-refractivity contribution in [3.05, 3.63) is 0 Å². The number of ether oxygens (including phenoxy) is 2. The Morgan fingerprint density at radius 2 is 1.47 bits per heavy atom. The monoisotopic (exact) mass is 472 g/mol. The molecule has 184 valence electrons. The number of amides is 1. The Kier molecular flexibility index (Phi) is 11.4. The second-order valence-electron chi connectivity index (χ2n) is 10.4. The quantitative estimate of drug-likeness (QED) is 0.295. The average molecular weight is 473 g/mol. The highest BCUT2D eigenvalue weighted by Gasteiger charge is 2.39. The summed E-state index contributed by atoms with van der Waals surface area (Å²) in [6.07, 6.45) is 12.3. The minimum absolute atomic E-state index is 0.0511. The van der Waals surface area contributed by atoms with Crippen LogP contribution in [-0.4, -0.2) is 37.2 Å². The molecule has 0 spiro atoms. The van der Waals surface area contributed by atoms with Crippen LogP contribution in [0.3, 0.4) is 0 Å². The molecule has 2 fully saturated rings. The molecule has 2 rings (SSSR count). The van der Waals surface area contributed by atoms with E-state index in [-0.39, 0.29) is 12.6 Å². The van der Waals surface area contributed by atoms with Crippen molar-refractivity contribution < 1.29 is 28.2 Å². The zero-order chi connectivity index (χ0) is 23.6. The van der Waals surface area contributed by atoms with E-state index < -0.39 is 31.4 Å². The summed E-state index contributed by atoms with van der Waals surface area (Å²) in [5.41, 5.74) is -0.637. The highest BCUT2D eigenvalue weighted by Crippen LogP contribution is 2.38. The summed E-state index contributed by atoms with van der Waals surface area (Å²) < 4.78 is 29.2. The van der Waals surface area contributed by atoms with E-state index in [1.807, 2.05) is 0 Å². The van der Waals surface area contributed by atoms with Crippen molar-refractivity contribution in [2.24, 2.45) is 17.8 Å². The third kappa shape index (κ3) is 10.2. The van der Waals surface area contributed by atoms with Crippen LogP contribution in [0.25, 0.3) is 0 Å². The number of nitrogens with one attached hydrogen (secondary N) is 1. The summed E-state index contributed by atoms with van der Waals surface area (Å²) in [6.45, 7) is 5.44. The van der Waals surface area contributed by atoms with Crippen LogP contribution in [0, 0.1) is 17.8 Å². The Morgan fingerprint density at radius 1 is 0.938 bits per heavy atom. The third-order valence-electron chi connectivity index (χ3n) is 6.50. The highest BCUT2D eigenvalue weighted by atomic mass is 31.1. The molecule has 2 saturated carbocycles. The van der Waals surface area contributed by atoms with Gasteiger partial charge < -0.3 is 9.47 Å². The van der Waals surface area contributed by atoms with E-state index in [0.29, 0.717) is 24.7 Å². The van der Waals surface area contributed by atoms with Gasteiger partial charge in [0.2, 0.25) is 0 Å². The van der Waals surface area contributed by atoms with E-state index >= 15 is 0 Å². The lowest BCUT2D eigenvalue weighted by Gasteiger charge is -2.25. The molecule has 0 heterocycles. The van der Waals surface area contributed by atoms with E-state index in [4.69, 9.17) is 14.0 Å². The molecule has 0 saturated heterocycles. The van der Waals surface area contributed by atoms with Crippen molar-refractivity contribution in [2.75, 3.05) is 13.7 Å². The molecular weight excluding hydrogens is 429 g/mol. The Morgan fingerprint density at radius 3 is 1.97 bits per heavy atom. The zero-order valence-corrected chi connectivity index (χ0v) is 21.3. The summed E-state index contributed by atoms with van der Waals surface area (Å²) >= 11 is 0. The molecule has 3 unspecified atom stereocenters. The second kappa shape index (κ2) is 13.5. The molecule has 32 heavy (non-hydrogen) atoms. The first kappa shape index (κ1) is 27.0. The third-order valence-corrected chi connectivity index (χ3v) is 7.75. The van der Waals surface area contributed by atoms with Gasteiger partial charge in [-0.1, -0.05) is 64.2 Å². The second-order valence-corrected chi connectivity index (χ2v) is 11.9. The standard InChI is InChI=1S/C24H42NO6P/c1-24(2,3)31-23(27)25-21(16-19-13-9-6-10-14-19)32(28)30-17-20(22(26)29-4)15-18-11-7-5-8-12-18/h18-21H,5-17H2,1-4H3/p+1. The van der Waals surface area contributed by atoms with Gasteiger partial charge in [0.15, 0.2) is 0 Å². The van der Waals surface area contributed by atoms with E-state index in [1.54, 1.807) is 20.8 Å². The van der Waals surface area contributed by atoms with Gasteiger partial charge in [0, 0.05) is 6.42 Å². The molecule has 0 aliphatic heterocycles. The van der Waals surface area contributed by atoms with Gasteiger partial charge in [-0.2, -0.15) is 0 Å². The van der Waals surface area contributed by atoms with Crippen LogP contribution in [-0.2, 0) is 23.4 Å². The average Bonchev–Trinajstić information content (AvgIpc) is 2.75. The van der Waals surface area contributed by atoms with Crippen LogP contribution < -0.4 is 5.32 Å². The predicted octanol–water partition coefficient (Wildman–Crippen LogP) is 6.33. The number of hydrogen-bond acceptors (Lipinski definition) is 6. The maximum atomic E-state index is 13.1. The molecule has 7 nitrogen and oxygen atoms in total. The number of alkyl carbamates (subject to hydrolysis) is 1. The zero-order valence-electron chi connectivity index (χ0n) is 20.4. The largest absolute Gasteiger partial charge is 0.533 e. The fourth-order valence-electron chi connectivity index (χ4n) is 4.86. The van der Waals surface area contributed by atoms with Crippen molar-refractivity contribution >= 4 is 20.1 Å². The van der Waals surface area contributed by atoms with Crippen LogP contribution in [0.15, 0.2) is 0 Å². The van der Waals surface area contributed by atoms with E-state index in [2.05, 4.69) is 5.32 Å². The normalized spacial score (nSPS) is 20.8. The van der Waals surface area contributed by atoms with Crippen molar-refractivity contribution in [1.29, 1.82) is 0 Å². The molecule has 3 atom stereocenters. The first-order chi connectivity index (χ1) is 15.2. The molecule has 0 radical (unpaired) electrons. The number of carbonyl (C=O) groups is 2. The maximum absolute atomic E-state index is 13.1. The predicted molar refractivity (Wildman–Crippen MR) is 125 cm³/mol. The van der Waals surface area contributed by atoms with Gasteiger partial charge in [-0.05, 0) is 43.6 Å². The van der Waals surface area contributed by atoms with Gasteiger partial charge in [0.1, 0.15) is 12.2 Å². The lowest BCUT2D eigenvalue weighted by Crippen LogP contribution is -2.39. The van der Waals surface area contributed by atoms with E-state index in [9.17, 15) is 14.2 Å². The van der Waals surface area contributed by atoms with Gasteiger partial charge in [0.05, 0.1) is 13.0 Å². The number of rotatable bonds is 10. The van der Waals surface area contributed by atoms with E-state index in [1.165, 1.54) is 32.8 Å². The topological polar surface area (TPSA) is 90.9 Å². The number of methoxy groups -OCH3 is 1. The Labute approximate surface area is 194 Å². The van der Waals surface area contributed by atoms with Crippen molar-refractivity contribution in [3.8, 4) is 0 Å². The van der Waals surface area contributed by atoms with Crippen molar-refractivity contribution in [3.63, 3.8) is 0 Å². The SMILES string of the molecule is COC(=O)C(CO[P+](=O)C(CC1CCCCC1)NC(=O)OC(C)(C)C)CC1CCCCC1. The molecule has 1 amide bonds. The minimum Gasteiger partial charge on any atom is -0.469 e. The molecule has 8 heteroatoms. The molecule has 0 aromatic carbocycles. The highest BCUT2D eigenvalue weighted by molar-refractivity contribution is 7.40. The van der Waals surface area contributed by atoms with Gasteiger partial charge in [0.25, 0.3) is 5.78 Å². The summed E-state index contributed by atoms with van der Waals surface area (Å²) in [6, 6.07) is 0. The first-order valence-electron chi connectivity index (χ1n) is 12.3. The van der Waals surface area contributed by atoms with Gasteiger partial charge in [-0.3, -0.25) is 10.1 Å². The fourth-order valence-corrected chi connectivity index (χ4v) is 6.05. The minimum atomic E-state index is -2.20. The maximum Gasteiger partial charge on any atom is 0.533 e. The Hall–Kier alpha value is -1.20. The number of carbonyl (C=O) groups excluding carboxylic acids is 2. The Balaban J connectivity index is 1.98. The summed E-state index contributed by atoms with van der Waals surface area (Å²) in [5, 5.41) is 2.78. The van der Waals surface area contributed by atoms with Crippen molar-refractivity contribution in [2.45, 2.75) is 109 Å². The molecule has 0 aromatic rings. The van der Waals surface area contributed by atoms with Crippen LogP contribution in [0.1, 0.15) is 97.8 Å². The summed E-state index contributed by atoms with van der Waals surface area (Å²) in [7, 11) is -0.817. The Bertz CT molecular complexity index is 608. The number of hydrogen-bond donors (Lipinski definition) is 1. The molecule has 0 bridgehead atoms.